The van der Waals surface area contributed by atoms with Crippen molar-refractivity contribution in [1.82, 2.24) is 10.6 Å². The summed E-state index contributed by atoms with van der Waals surface area (Å²) in [5, 5.41) is 6.01. The Balaban J connectivity index is 0.00000288. The molecule has 0 saturated heterocycles. The van der Waals surface area contributed by atoms with Crippen molar-refractivity contribution in [3.63, 3.8) is 0 Å². The molecule has 1 atom stereocenters. The molecule has 0 aliphatic carbocycles. The third kappa shape index (κ3) is 6.22. The Labute approximate surface area is 147 Å². The number of carbonyl (C=O) groups is 1. The highest BCUT2D eigenvalue weighted by Crippen LogP contribution is 2.15. The summed E-state index contributed by atoms with van der Waals surface area (Å²) in [5.41, 5.74) is 0. The fourth-order valence-electron chi connectivity index (χ4n) is 2.02. The van der Waals surface area contributed by atoms with Gasteiger partial charge in [0.1, 0.15) is 23.9 Å². The van der Waals surface area contributed by atoms with Crippen LogP contribution in [0.1, 0.15) is 30.2 Å². The predicted octanol–water partition coefficient (Wildman–Crippen LogP) is 3.15. The first-order valence-corrected chi connectivity index (χ1v) is 7.57. The van der Waals surface area contributed by atoms with Crippen molar-refractivity contribution < 1.29 is 18.3 Å². The second kappa shape index (κ2) is 9.95. The average Bonchev–Trinajstić information content (AvgIpc) is 3.01. The zero-order chi connectivity index (χ0) is 16.7. The monoisotopic (exact) mass is 356 g/mol. The summed E-state index contributed by atoms with van der Waals surface area (Å²) in [4.78, 5) is 12.0. The molecule has 24 heavy (non-hydrogen) atoms. The number of nitrogens with one attached hydrogen (secondary N) is 2. The lowest BCUT2D eigenvalue weighted by Crippen LogP contribution is -2.38. The van der Waals surface area contributed by atoms with Crippen molar-refractivity contribution in [2.45, 2.75) is 26.5 Å². The number of benzene rings is 1. The first-order chi connectivity index (χ1) is 11.1. The van der Waals surface area contributed by atoms with Gasteiger partial charge in [-0.3, -0.25) is 4.79 Å². The Bertz CT molecular complexity index is 631. The van der Waals surface area contributed by atoms with Gasteiger partial charge in [-0.15, -0.1) is 12.4 Å². The zero-order valence-electron chi connectivity index (χ0n) is 13.7. The van der Waals surface area contributed by atoms with Gasteiger partial charge in [0.25, 0.3) is 5.91 Å². The Kier molecular flexibility index (Phi) is 8.29. The minimum absolute atomic E-state index is 0. The quantitative estimate of drug-likeness (QED) is 0.762. The summed E-state index contributed by atoms with van der Waals surface area (Å²) in [6.45, 7) is 5.55. The summed E-state index contributed by atoms with van der Waals surface area (Å²) in [6, 6.07) is 9.20. The van der Waals surface area contributed by atoms with Crippen molar-refractivity contribution in [2.24, 2.45) is 0 Å². The van der Waals surface area contributed by atoms with E-state index in [4.69, 9.17) is 9.15 Å². The van der Waals surface area contributed by atoms with E-state index in [0.717, 1.165) is 6.54 Å². The first-order valence-electron chi connectivity index (χ1n) is 7.57. The number of hydrogen-bond acceptors (Lipinski definition) is 4. The van der Waals surface area contributed by atoms with Crippen molar-refractivity contribution in [3.8, 4) is 5.75 Å². The van der Waals surface area contributed by atoms with E-state index >= 15 is 0 Å². The third-order valence-electron chi connectivity index (χ3n) is 3.20. The van der Waals surface area contributed by atoms with Crippen LogP contribution in [0.5, 0.6) is 5.75 Å². The number of hydrogen-bond donors (Lipinski definition) is 2. The van der Waals surface area contributed by atoms with Crippen LogP contribution in [0.3, 0.4) is 0 Å². The van der Waals surface area contributed by atoms with Crippen LogP contribution in [0.2, 0.25) is 0 Å². The number of halogens is 2. The minimum atomic E-state index is -0.318. The van der Waals surface area contributed by atoms with E-state index < -0.39 is 0 Å². The molecule has 2 N–H and O–H groups in total. The fourth-order valence-corrected chi connectivity index (χ4v) is 2.02. The SMILES string of the molecule is CCN[C@H](C)CNC(=O)c1ccc(COc2ccc(F)cc2)o1.Cl. The normalized spacial score (nSPS) is 11.5. The highest BCUT2D eigenvalue weighted by Gasteiger charge is 2.12. The number of carbonyl (C=O) groups excluding carboxylic acids is 1. The molecule has 0 fully saturated rings. The van der Waals surface area contributed by atoms with E-state index in [2.05, 4.69) is 10.6 Å². The summed E-state index contributed by atoms with van der Waals surface area (Å²) in [6.07, 6.45) is 0. The maximum atomic E-state index is 12.8. The molecule has 132 valence electrons. The summed E-state index contributed by atoms with van der Waals surface area (Å²) < 4.78 is 23.7. The van der Waals surface area contributed by atoms with Gasteiger partial charge in [-0.25, -0.2) is 4.39 Å². The molecule has 1 aromatic heterocycles. The van der Waals surface area contributed by atoms with Crippen LogP contribution in [-0.4, -0.2) is 25.0 Å². The number of ether oxygens (including phenoxy) is 1. The van der Waals surface area contributed by atoms with Crippen LogP contribution in [0.25, 0.3) is 0 Å². The highest BCUT2D eigenvalue weighted by molar-refractivity contribution is 5.91. The third-order valence-corrected chi connectivity index (χ3v) is 3.20. The standard InChI is InChI=1S/C17H21FN2O3.ClH/c1-3-19-12(2)10-20-17(21)16-9-8-15(23-16)11-22-14-6-4-13(18)5-7-14;/h4-9,12,19H,3,10-11H2,1-2H3,(H,20,21);1H/t12-;/m1./s1. The second-order valence-corrected chi connectivity index (χ2v) is 5.18. The van der Waals surface area contributed by atoms with Gasteiger partial charge in [-0.1, -0.05) is 6.92 Å². The van der Waals surface area contributed by atoms with Gasteiger partial charge < -0.3 is 19.8 Å². The molecule has 0 aliphatic rings. The van der Waals surface area contributed by atoms with Gasteiger partial charge in [-0.05, 0) is 49.9 Å². The van der Waals surface area contributed by atoms with E-state index in [0.29, 0.717) is 18.1 Å². The van der Waals surface area contributed by atoms with E-state index in [1.807, 2.05) is 13.8 Å². The topological polar surface area (TPSA) is 63.5 Å². The molecule has 0 unspecified atom stereocenters. The summed E-state index contributed by atoms with van der Waals surface area (Å²) in [7, 11) is 0. The number of amides is 1. The van der Waals surface area contributed by atoms with Crippen molar-refractivity contribution in [3.05, 3.63) is 53.7 Å². The van der Waals surface area contributed by atoms with Crippen molar-refractivity contribution >= 4 is 18.3 Å². The maximum absolute atomic E-state index is 12.8. The molecule has 0 bridgehead atoms. The lowest BCUT2D eigenvalue weighted by atomic mass is 10.3. The lowest BCUT2D eigenvalue weighted by Gasteiger charge is -2.12. The van der Waals surface area contributed by atoms with Crippen LogP contribution in [0, 0.1) is 5.82 Å². The molecule has 1 aromatic carbocycles. The highest BCUT2D eigenvalue weighted by atomic mass is 35.5. The van der Waals surface area contributed by atoms with Crippen LogP contribution >= 0.6 is 12.4 Å². The molecule has 1 amide bonds. The van der Waals surface area contributed by atoms with Crippen molar-refractivity contribution in [1.29, 1.82) is 0 Å². The Morgan fingerprint density at radius 2 is 1.96 bits per heavy atom. The van der Waals surface area contributed by atoms with Gasteiger partial charge in [0.15, 0.2) is 5.76 Å². The molecule has 7 heteroatoms. The zero-order valence-corrected chi connectivity index (χ0v) is 14.5. The minimum Gasteiger partial charge on any atom is -0.486 e. The average molecular weight is 357 g/mol. The van der Waals surface area contributed by atoms with Crippen LogP contribution in [0.15, 0.2) is 40.8 Å². The predicted molar refractivity (Wildman–Crippen MR) is 92.2 cm³/mol. The summed E-state index contributed by atoms with van der Waals surface area (Å²) >= 11 is 0. The molecular weight excluding hydrogens is 335 g/mol. The fraction of sp³-hybridized carbons (Fsp3) is 0.353. The molecule has 2 aromatic rings. The number of furan rings is 1. The lowest BCUT2D eigenvalue weighted by molar-refractivity contribution is 0.0918. The Morgan fingerprint density at radius 1 is 1.25 bits per heavy atom. The van der Waals surface area contributed by atoms with E-state index in [-0.39, 0.29) is 42.5 Å². The van der Waals surface area contributed by atoms with E-state index in [9.17, 15) is 9.18 Å². The molecule has 0 radical (unpaired) electrons. The number of likely N-dealkylation sites (N-methyl/N-ethyl adjacent to an activating group) is 1. The van der Waals surface area contributed by atoms with Crippen LogP contribution in [-0.2, 0) is 6.61 Å². The van der Waals surface area contributed by atoms with Gasteiger partial charge in [0.05, 0.1) is 0 Å². The molecule has 5 nitrogen and oxygen atoms in total. The van der Waals surface area contributed by atoms with Crippen molar-refractivity contribution in [2.75, 3.05) is 13.1 Å². The van der Waals surface area contributed by atoms with Crippen LogP contribution in [0.4, 0.5) is 4.39 Å². The number of rotatable bonds is 8. The van der Waals surface area contributed by atoms with Gasteiger partial charge in [0.2, 0.25) is 0 Å². The largest absolute Gasteiger partial charge is 0.486 e. The first kappa shape index (κ1) is 20.0. The molecule has 1 heterocycles. The second-order valence-electron chi connectivity index (χ2n) is 5.18. The maximum Gasteiger partial charge on any atom is 0.287 e. The molecular formula is C17H22ClFN2O3. The van der Waals surface area contributed by atoms with Gasteiger partial charge in [-0.2, -0.15) is 0 Å². The van der Waals surface area contributed by atoms with E-state index in [1.165, 1.54) is 24.3 Å². The van der Waals surface area contributed by atoms with E-state index in [1.54, 1.807) is 12.1 Å². The molecule has 0 spiro atoms. The smallest absolute Gasteiger partial charge is 0.287 e. The summed E-state index contributed by atoms with van der Waals surface area (Å²) in [5.74, 6) is 0.725. The molecule has 0 aliphatic heterocycles. The molecule has 2 rings (SSSR count). The Hall–Kier alpha value is -2.05. The van der Waals surface area contributed by atoms with Gasteiger partial charge in [0, 0.05) is 12.6 Å². The molecule has 0 saturated carbocycles. The van der Waals surface area contributed by atoms with Crippen LogP contribution < -0.4 is 15.4 Å². The Morgan fingerprint density at radius 3 is 2.62 bits per heavy atom. The van der Waals surface area contributed by atoms with Gasteiger partial charge >= 0.3 is 0 Å².